The van der Waals surface area contributed by atoms with Crippen LogP contribution < -0.4 is 11.1 Å². The molecule has 0 bridgehead atoms. The maximum absolute atomic E-state index is 13.2. The van der Waals surface area contributed by atoms with Crippen LogP contribution in [0.3, 0.4) is 0 Å². The fourth-order valence-corrected chi connectivity index (χ4v) is 3.83. The van der Waals surface area contributed by atoms with Crippen LogP contribution in [0.1, 0.15) is 22.6 Å². The molecule has 0 unspecified atom stereocenters. The van der Waals surface area contributed by atoms with Gasteiger partial charge in [-0.05, 0) is 30.0 Å². The van der Waals surface area contributed by atoms with Gasteiger partial charge in [-0.1, -0.05) is 12.1 Å². The molecule has 0 saturated carbocycles. The molecule has 0 saturated heterocycles. The molecule has 2 N–H and O–H groups in total. The Morgan fingerprint density at radius 2 is 1.19 bits per heavy atom. The summed E-state index contributed by atoms with van der Waals surface area (Å²) in [4.78, 5) is 36.9. The first-order valence-electron chi connectivity index (χ1n) is 9.12. The maximum atomic E-state index is 13.2. The summed E-state index contributed by atoms with van der Waals surface area (Å²) in [6.45, 7) is 0. The Morgan fingerprint density at radius 3 is 1.53 bits per heavy atom. The molecule has 13 heteroatoms. The van der Waals surface area contributed by atoms with E-state index in [0.29, 0.717) is 0 Å². The Bertz CT molecular complexity index is 1410. The van der Waals surface area contributed by atoms with Crippen molar-refractivity contribution in [3.63, 3.8) is 0 Å². The number of rotatable bonds is 4. The molecule has 2 heterocycles. The summed E-state index contributed by atoms with van der Waals surface area (Å²) in [7, 11) is 5.70. The van der Waals surface area contributed by atoms with Crippen LogP contribution in [0.25, 0.3) is 0 Å². The minimum atomic E-state index is -1.28. The predicted octanol–water partition coefficient (Wildman–Crippen LogP) is 1.72. The van der Waals surface area contributed by atoms with Gasteiger partial charge in [0.25, 0.3) is 16.8 Å². The average molecular weight is 478 g/mol. The van der Waals surface area contributed by atoms with Gasteiger partial charge in [-0.2, -0.15) is 0 Å². The Hall–Kier alpha value is -3.58. The van der Waals surface area contributed by atoms with Gasteiger partial charge in [-0.25, -0.2) is 0 Å². The third kappa shape index (κ3) is 3.44. The fraction of sp³-hybridized carbons (Fsp3) is 0.263. The topological polar surface area (TPSA) is 137 Å². The van der Waals surface area contributed by atoms with Gasteiger partial charge in [0.05, 0.1) is 22.0 Å². The zero-order valence-electron chi connectivity index (χ0n) is 17.5. The number of aromatic hydroxyl groups is 2. The minimum absolute atomic E-state index is 0.0299. The van der Waals surface area contributed by atoms with E-state index >= 15 is 0 Å². The molecule has 1 aromatic carbocycles. The highest BCUT2D eigenvalue weighted by Crippen LogP contribution is 2.37. The maximum Gasteiger partial charge on any atom is 0.269 e. The number of nitro groups is 1. The van der Waals surface area contributed by atoms with E-state index in [4.69, 9.17) is 24.4 Å². The highest BCUT2D eigenvalue weighted by molar-refractivity contribution is 7.71. The molecule has 0 fully saturated rings. The summed E-state index contributed by atoms with van der Waals surface area (Å²) in [5.74, 6) is -2.29. The molecule has 3 rings (SSSR count). The zero-order valence-corrected chi connectivity index (χ0v) is 19.1. The molecule has 32 heavy (non-hydrogen) atoms. The summed E-state index contributed by atoms with van der Waals surface area (Å²) in [5, 5.41) is 32.8. The van der Waals surface area contributed by atoms with E-state index in [2.05, 4.69) is 0 Å². The highest BCUT2D eigenvalue weighted by atomic mass is 32.1. The van der Waals surface area contributed by atoms with Crippen LogP contribution in [0.5, 0.6) is 11.8 Å². The van der Waals surface area contributed by atoms with Gasteiger partial charge in [0.2, 0.25) is 11.8 Å². The van der Waals surface area contributed by atoms with Gasteiger partial charge in [-0.3, -0.25) is 38.0 Å². The zero-order chi connectivity index (χ0) is 24.1. The summed E-state index contributed by atoms with van der Waals surface area (Å²) < 4.78 is 4.67. The van der Waals surface area contributed by atoms with Crippen molar-refractivity contribution in [3.05, 3.63) is 81.3 Å². The Morgan fingerprint density at radius 1 is 0.812 bits per heavy atom. The molecule has 0 aliphatic heterocycles. The second kappa shape index (κ2) is 8.16. The van der Waals surface area contributed by atoms with Crippen molar-refractivity contribution in [1.82, 2.24) is 18.3 Å². The average Bonchev–Trinajstić information content (AvgIpc) is 2.78. The van der Waals surface area contributed by atoms with Gasteiger partial charge in [0.1, 0.15) is 0 Å². The van der Waals surface area contributed by atoms with Gasteiger partial charge in [0.15, 0.2) is 9.54 Å². The summed E-state index contributed by atoms with van der Waals surface area (Å²) >= 11 is 10.3. The largest absolute Gasteiger partial charge is 0.494 e. The number of hydrogen-bond donors (Lipinski definition) is 2. The number of nitro benzene ring substituents is 1. The summed E-state index contributed by atoms with van der Waals surface area (Å²) in [5.41, 5.74) is -1.81. The van der Waals surface area contributed by atoms with Gasteiger partial charge >= 0.3 is 0 Å². The lowest BCUT2D eigenvalue weighted by Gasteiger charge is -2.23. The van der Waals surface area contributed by atoms with Crippen molar-refractivity contribution < 1.29 is 15.1 Å². The normalized spacial score (nSPS) is 11.2. The van der Waals surface area contributed by atoms with Crippen LogP contribution in [0, 0.1) is 19.7 Å². The predicted molar refractivity (Wildman–Crippen MR) is 120 cm³/mol. The first-order chi connectivity index (χ1) is 14.9. The van der Waals surface area contributed by atoms with Crippen molar-refractivity contribution in [2.24, 2.45) is 28.2 Å². The van der Waals surface area contributed by atoms with E-state index in [9.17, 15) is 29.9 Å². The van der Waals surface area contributed by atoms with Crippen LogP contribution >= 0.6 is 24.4 Å². The number of hydrogen-bond acceptors (Lipinski definition) is 8. The van der Waals surface area contributed by atoms with Crippen LogP contribution in [0.2, 0.25) is 0 Å². The lowest BCUT2D eigenvalue weighted by Crippen LogP contribution is -2.33. The molecule has 0 atom stereocenters. The van der Waals surface area contributed by atoms with E-state index in [1.54, 1.807) is 0 Å². The number of benzene rings is 1. The quantitative estimate of drug-likeness (QED) is 0.329. The Kier molecular flexibility index (Phi) is 5.89. The van der Waals surface area contributed by atoms with Gasteiger partial charge in [0, 0.05) is 40.3 Å². The van der Waals surface area contributed by atoms with E-state index in [1.807, 2.05) is 0 Å². The minimum Gasteiger partial charge on any atom is -0.494 e. The lowest BCUT2D eigenvalue weighted by molar-refractivity contribution is -0.384. The molecule has 0 spiro atoms. The lowest BCUT2D eigenvalue weighted by atomic mass is 9.86. The second-order valence-electron chi connectivity index (χ2n) is 7.17. The van der Waals surface area contributed by atoms with E-state index in [1.165, 1.54) is 61.6 Å². The van der Waals surface area contributed by atoms with E-state index < -0.39 is 33.7 Å². The molecule has 3 aromatic rings. The third-order valence-electron chi connectivity index (χ3n) is 5.35. The van der Waals surface area contributed by atoms with Crippen LogP contribution in [0.15, 0.2) is 33.9 Å². The van der Waals surface area contributed by atoms with Crippen molar-refractivity contribution >= 4 is 30.1 Å². The molecule has 168 valence electrons. The first kappa shape index (κ1) is 23.1. The van der Waals surface area contributed by atoms with Gasteiger partial charge < -0.3 is 10.2 Å². The molecule has 2 aromatic heterocycles. The SMILES string of the molecule is Cn1c(O)c(C(c2ccc([N+](=O)[O-])cc2)c2c(O)n(C)c(=S)n(C)c2=O)c(=O)n(C)c1=S. The fourth-order valence-electron chi connectivity index (χ4n) is 3.49. The molecular weight excluding hydrogens is 458 g/mol. The molecule has 0 aliphatic rings. The van der Waals surface area contributed by atoms with Gasteiger partial charge in [-0.15, -0.1) is 0 Å². The molecule has 0 amide bonds. The third-order valence-corrected chi connectivity index (χ3v) is 6.45. The number of non-ortho nitro benzene ring substituents is 1. The van der Waals surface area contributed by atoms with Crippen LogP contribution in [0.4, 0.5) is 5.69 Å². The summed E-state index contributed by atoms with van der Waals surface area (Å²) in [6, 6.07) is 5.11. The van der Waals surface area contributed by atoms with Crippen molar-refractivity contribution in [1.29, 1.82) is 0 Å². The Balaban J connectivity index is 2.54. The van der Waals surface area contributed by atoms with E-state index in [0.717, 1.165) is 9.13 Å². The molecule has 11 nitrogen and oxygen atoms in total. The Labute approximate surface area is 190 Å². The van der Waals surface area contributed by atoms with Crippen molar-refractivity contribution in [2.75, 3.05) is 0 Å². The summed E-state index contributed by atoms with van der Waals surface area (Å²) in [6.07, 6.45) is 0. The van der Waals surface area contributed by atoms with E-state index in [-0.39, 0.29) is 31.9 Å². The molecule has 0 aliphatic carbocycles. The number of nitrogens with zero attached hydrogens (tertiary/aromatic N) is 5. The first-order valence-corrected chi connectivity index (χ1v) is 9.93. The molecule has 0 radical (unpaired) electrons. The second-order valence-corrected chi connectivity index (χ2v) is 7.90. The monoisotopic (exact) mass is 477 g/mol. The van der Waals surface area contributed by atoms with Crippen molar-refractivity contribution in [3.8, 4) is 11.8 Å². The smallest absolute Gasteiger partial charge is 0.269 e. The highest BCUT2D eigenvalue weighted by Gasteiger charge is 2.32. The standard InChI is InChI=1S/C19H19N5O6S2/c1-20-14(25)12(15(26)21(2)18(20)31)11(9-5-7-10(8-6-9)24(29)30)13-16(27)22(3)19(32)23(4)17(13)28/h5-8,11,25,27H,1-4H3. The van der Waals surface area contributed by atoms with Crippen LogP contribution in [-0.4, -0.2) is 33.4 Å². The number of aromatic nitrogens is 4. The van der Waals surface area contributed by atoms with Crippen molar-refractivity contribution in [2.45, 2.75) is 5.92 Å². The molecular formula is C19H19N5O6S2. The van der Waals surface area contributed by atoms with Crippen LogP contribution in [-0.2, 0) is 28.2 Å².